The second-order valence-corrected chi connectivity index (χ2v) is 7.01. The molecule has 27 heavy (non-hydrogen) atoms. The highest BCUT2D eigenvalue weighted by Gasteiger charge is 2.26. The van der Waals surface area contributed by atoms with Crippen LogP contribution in [-0.4, -0.2) is 21.1 Å². The summed E-state index contributed by atoms with van der Waals surface area (Å²) in [6.07, 6.45) is 0. The van der Waals surface area contributed by atoms with Crippen LogP contribution in [0.5, 0.6) is 0 Å². The topological polar surface area (TPSA) is 70.1 Å². The first-order valence-corrected chi connectivity index (χ1v) is 9.09. The lowest BCUT2D eigenvalue weighted by molar-refractivity contribution is 0.207. The Balaban J connectivity index is 1.76. The van der Waals surface area contributed by atoms with Crippen LogP contribution in [0.3, 0.4) is 0 Å². The van der Waals surface area contributed by atoms with Gasteiger partial charge in [0.2, 0.25) is 0 Å². The van der Waals surface area contributed by atoms with E-state index in [4.69, 9.17) is 11.6 Å². The Hall–Kier alpha value is -2.83. The predicted molar refractivity (Wildman–Crippen MR) is 107 cm³/mol. The van der Waals surface area contributed by atoms with Crippen molar-refractivity contribution in [3.8, 4) is 5.69 Å². The van der Waals surface area contributed by atoms with Crippen molar-refractivity contribution in [1.82, 2.24) is 14.5 Å². The predicted octanol–water partition coefficient (Wildman–Crippen LogP) is 3.13. The maximum absolute atomic E-state index is 12.5. The monoisotopic (exact) mass is 382 g/mol. The van der Waals surface area contributed by atoms with Crippen LogP contribution in [0.25, 0.3) is 5.69 Å². The van der Waals surface area contributed by atoms with Crippen LogP contribution in [0.1, 0.15) is 24.1 Å². The van der Waals surface area contributed by atoms with Crippen molar-refractivity contribution in [3.63, 3.8) is 0 Å². The molecule has 0 aliphatic carbocycles. The van der Waals surface area contributed by atoms with Crippen molar-refractivity contribution in [3.05, 3.63) is 91.6 Å². The average Bonchev–Trinajstić information content (AvgIpc) is 2.68. The summed E-state index contributed by atoms with van der Waals surface area (Å²) in [5.74, 6) is 0.516. The smallest absolute Gasteiger partial charge is 0.334 e. The number of anilines is 1. The summed E-state index contributed by atoms with van der Waals surface area (Å²) in [4.78, 5) is 29.5. The van der Waals surface area contributed by atoms with Gasteiger partial charge in [-0.25, -0.2) is 9.36 Å². The highest BCUT2D eigenvalue weighted by atomic mass is 35.5. The number of H-pyrrole nitrogens is 1. The molecule has 6 nitrogen and oxygen atoms in total. The van der Waals surface area contributed by atoms with Gasteiger partial charge in [-0.3, -0.25) is 14.7 Å². The minimum Gasteiger partial charge on any atom is -0.358 e. The van der Waals surface area contributed by atoms with Gasteiger partial charge in [-0.15, -0.1) is 0 Å². The Morgan fingerprint density at radius 2 is 1.85 bits per heavy atom. The van der Waals surface area contributed by atoms with Gasteiger partial charge in [-0.05, 0) is 30.7 Å². The average molecular weight is 383 g/mol. The molecule has 1 aliphatic heterocycles. The zero-order chi connectivity index (χ0) is 19.0. The summed E-state index contributed by atoms with van der Waals surface area (Å²) in [6.45, 7) is 3.06. The standard InChI is InChI=1S/C20H19ClN4O2/c1-13(14-6-3-2-4-7-14)24-11-17-18(22-12-24)25(20(27)23-19(17)26)16-9-5-8-15(21)10-16/h2-10,13,22H,11-12H2,1H3,(H,23,26,27)/t13-/m0/s1. The van der Waals surface area contributed by atoms with E-state index in [1.54, 1.807) is 24.3 Å². The number of aromatic amines is 1. The lowest BCUT2D eigenvalue weighted by Gasteiger charge is -2.35. The van der Waals surface area contributed by atoms with Crippen LogP contribution in [0.15, 0.2) is 64.2 Å². The molecule has 0 fully saturated rings. The van der Waals surface area contributed by atoms with Crippen LogP contribution < -0.4 is 16.6 Å². The van der Waals surface area contributed by atoms with E-state index in [1.807, 2.05) is 18.2 Å². The molecule has 0 radical (unpaired) electrons. The summed E-state index contributed by atoms with van der Waals surface area (Å²) in [6, 6.07) is 17.2. The second kappa shape index (κ2) is 7.06. The maximum Gasteiger partial charge on any atom is 0.334 e. The van der Waals surface area contributed by atoms with E-state index in [0.717, 1.165) is 0 Å². The van der Waals surface area contributed by atoms with Crippen molar-refractivity contribution in [2.24, 2.45) is 0 Å². The van der Waals surface area contributed by atoms with Crippen LogP contribution in [0.2, 0.25) is 5.02 Å². The highest BCUT2D eigenvalue weighted by Crippen LogP contribution is 2.28. The van der Waals surface area contributed by atoms with Gasteiger partial charge >= 0.3 is 5.69 Å². The first-order valence-electron chi connectivity index (χ1n) is 8.71. The van der Waals surface area contributed by atoms with Gasteiger partial charge < -0.3 is 5.32 Å². The van der Waals surface area contributed by atoms with Crippen LogP contribution >= 0.6 is 11.6 Å². The fourth-order valence-electron chi connectivity index (χ4n) is 3.42. The van der Waals surface area contributed by atoms with E-state index >= 15 is 0 Å². The molecule has 0 unspecified atom stereocenters. The molecule has 1 aromatic heterocycles. The first kappa shape index (κ1) is 17.6. The van der Waals surface area contributed by atoms with Gasteiger partial charge in [0.1, 0.15) is 5.82 Å². The van der Waals surface area contributed by atoms with Crippen LogP contribution in [0, 0.1) is 0 Å². The summed E-state index contributed by atoms with van der Waals surface area (Å²) in [5.41, 5.74) is 1.45. The molecule has 0 saturated heterocycles. The fraction of sp³-hybridized carbons (Fsp3) is 0.200. The Labute approximate surface area is 161 Å². The van der Waals surface area contributed by atoms with E-state index in [1.165, 1.54) is 10.1 Å². The molecule has 4 rings (SSSR count). The number of halogens is 1. The third kappa shape index (κ3) is 3.29. The van der Waals surface area contributed by atoms with Gasteiger partial charge in [0.15, 0.2) is 0 Å². The summed E-state index contributed by atoms with van der Waals surface area (Å²) in [5, 5.41) is 3.78. The molecular formula is C20H19ClN4O2. The number of nitrogens with zero attached hydrogens (tertiary/aromatic N) is 2. The number of fused-ring (bicyclic) bond motifs is 1. The Morgan fingerprint density at radius 1 is 1.07 bits per heavy atom. The number of rotatable bonds is 3. The van der Waals surface area contributed by atoms with Gasteiger partial charge in [0.05, 0.1) is 17.9 Å². The molecular weight excluding hydrogens is 364 g/mol. The molecule has 1 aliphatic rings. The van der Waals surface area contributed by atoms with E-state index in [-0.39, 0.29) is 11.6 Å². The second-order valence-electron chi connectivity index (χ2n) is 6.57. The first-order chi connectivity index (χ1) is 13.0. The molecule has 138 valence electrons. The molecule has 0 amide bonds. The van der Waals surface area contributed by atoms with Gasteiger partial charge in [0.25, 0.3) is 5.56 Å². The third-order valence-corrected chi connectivity index (χ3v) is 5.15. The number of nitrogens with one attached hydrogen (secondary N) is 2. The molecule has 3 aromatic rings. The van der Waals surface area contributed by atoms with Crippen molar-refractivity contribution in [2.45, 2.75) is 19.5 Å². The van der Waals surface area contributed by atoms with Gasteiger partial charge in [-0.1, -0.05) is 48.0 Å². The molecule has 0 saturated carbocycles. The third-order valence-electron chi connectivity index (χ3n) is 4.91. The Kier molecular flexibility index (Phi) is 4.59. The Bertz CT molecular complexity index is 1090. The van der Waals surface area contributed by atoms with Crippen LogP contribution in [-0.2, 0) is 6.54 Å². The largest absolute Gasteiger partial charge is 0.358 e. The van der Waals surface area contributed by atoms with E-state index in [0.29, 0.717) is 35.3 Å². The number of aromatic nitrogens is 2. The fourth-order valence-corrected chi connectivity index (χ4v) is 3.60. The molecule has 2 aromatic carbocycles. The molecule has 0 spiro atoms. The molecule has 1 atom stereocenters. The van der Waals surface area contributed by atoms with Crippen molar-refractivity contribution in [1.29, 1.82) is 0 Å². The van der Waals surface area contributed by atoms with Gasteiger partial charge in [-0.2, -0.15) is 0 Å². The number of hydrogen-bond donors (Lipinski definition) is 2. The minimum absolute atomic E-state index is 0.123. The lowest BCUT2D eigenvalue weighted by Crippen LogP contribution is -2.43. The lowest BCUT2D eigenvalue weighted by atomic mass is 10.1. The van der Waals surface area contributed by atoms with Crippen LogP contribution in [0.4, 0.5) is 5.82 Å². The van der Waals surface area contributed by atoms with E-state index < -0.39 is 5.69 Å². The van der Waals surface area contributed by atoms with E-state index in [2.05, 4.69) is 34.3 Å². The number of hydrogen-bond acceptors (Lipinski definition) is 4. The molecule has 7 heteroatoms. The molecule has 2 N–H and O–H groups in total. The summed E-state index contributed by atoms with van der Waals surface area (Å²) < 4.78 is 1.47. The van der Waals surface area contributed by atoms with Crippen molar-refractivity contribution >= 4 is 17.4 Å². The van der Waals surface area contributed by atoms with Gasteiger partial charge in [0, 0.05) is 17.6 Å². The summed E-state index contributed by atoms with van der Waals surface area (Å²) in [7, 11) is 0. The SMILES string of the molecule is C[C@@H](c1ccccc1)N1CNc2c(c(=O)[nH]c(=O)n2-c2cccc(Cl)c2)C1. The quantitative estimate of drug-likeness (QED) is 0.730. The number of benzene rings is 2. The molecule has 0 bridgehead atoms. The summed E-state index contributed by atoms with van der Waals surface area (Å²) >= 11 is 6.08. The van der Waals surface area contributed by atoms with E-state index in [9.17, 15) is 9.59 Å². The Morgan fingerprint density at radius 3 is 2.59 bits per heavy atom. The molecule has 2 heterocycles. The zero-order valence-corrected chi connectivity index (χ0v) is 15.5. The zero-order valence-electron chi connectivity index (χ0n) is 14.8. The highest BCUT2D eigenvalue weighted by molar-refractivity contribution is 6.30. The van der Waals surface area contributed by atoms with Crippen molar-refractivity contribution in [2.75, 3.05) is 12.0 Å². The maximum atomic E-state index is 12.5. The normalized spacial score (nSPS) is 15.0. The van der Waals surface area contributed by atoms with Crippen molar-refractivity contribution < 1.29 is 0 Å². The minimum atomic E-state index is -0.488.